The van der Waals surface area contributed by atoms with Gasteiger partial charge in [-0.1, -0.05) is 30.6 Å². The molecule has 0 aromatic heterocycles. The van der Waals surface area contributed by atoms with Crippen molar-refractivity contribution in [2.24, 2.45) is 0 Å². The highest BCUT2D eigenvalue weighted by atomic mass is 35.5. The van der Waals surface area contributed by atoms with E-state index in [2.05, 4.69) is 11.4 Å². The average Bonchev–Trinajstić information content (AvgIpc) is 2.91. The van der Waals surface area contributed by atoms with Gasteiger partial charge in [0.1, 0.15) is 17.9 Å². The van der Waals surface area contributed by atoms with Gasteiger partial charge in [0.05, 0.1) is 23.5 Å². The number of aliphatic carboxylic acids is 1. The molecule has 7 heteroatoms. The SMILES string of the molecule is C.N#Cc1ccc2c(c1)C1c3c(Cl)cc(Cl)cc3NC(C(=O)[O-])C1O2. The number of carbonyl (C=O) groups is 1. The van der Waals surface area contributed by atoms with E-state index in [0.29, 0.717) is 32.6 Å². The van der Waals surface area contributed by atoms with Gasteiger partial charge >= 0.3 is 0 Å². The number of carboxylic acid groups (broad SMARTS) is 1. The Morgan fingerprint density at radius 2 is 2.04 bits per heavy atom. The molecule has 0 fully saturated rings. The molecule has 2 aliphatic rings. The van der Waals surface area contributed by atoms with Crippen molar-refractivity contribution in [2.45, 2.75) is 25.5 Å². The summed E-state index contributed by atoms with van der Waals surface area (Å²) < 4.78 is 5.84. The Labute approximate surface area is 154 Å². The minimum atomic E-state index is -1.28. The highest BCUT2D eigenvalue weighted by molar-refractivity contribution is 6.35. The molecule has 4 rings (SSSR count). The van der Waals surface area contributed by atoms with Crippen molar-refractivity contribution in [3.8, 4) is 11.8 Å². The first kappa shape index (κ1) is 17.4. The number of anilines is 1. The van der Waals surface area contributed by atoms with E-state index in [1.165, 1.54) is 0 Å². The summed E-state index contributed by atoms with van der Waals surface area (Å²) in [5, 5.41) is 24.4. The summed E-state index contributed by atoms with van der Waals surface area (Å²) in [5.41, 5.74) is 2.43. The van der Waals surface area contributed by atoms with E-state index in [0.717, 1.165) is 5.56 Å². The van der Waals surface area contributed by atoms with Crippen LogP contribution in [0.5, 0.6) is 5.75 Å². The standard InChI is InChI=1S/C17H10Cl2N2O3.CH4/c18-8-4-10(19)14-11(5-8)21-15(17(22)23)16-13(14)9-3-7(6-20)1-2-12(9)24-16;/h1-5,13,15-16,21H,(H,22,23);1H4/p-1. The molecule has 3 atom stereocenters. The van der Waals surface area contributed by atoms with Crippen LogP contribution in [-0.2, 0) is 4.79 Å². The van der Waals surface area contributed by atoms with Gasteiger partial charge in [-0.25, -0.2) is 0 Å². The van der Waals surface area contributed by atoms with E-state index in [1.54, 1.807) is 30.3 Å². The van der Waals surface area contributed by atoms with Crippen molar-refractivity contribution in [3.63, 3.8) is 0 Å². The van der Waals surface area contributed by atoms with E-state index in [1.807, 2.05) is 0 Å². The first-order chi connectivity index (χ1) is 11.5. The highest BCUT2D eigenvalue weighted by Crippen LogP contribution is 2.51. The monoisotopic (exact) mass is 375 g/mol. The predicted molar refractivity (Wildman–Crippen MR) is 93.0 cm³/mol. The van der Waals surface area contributed by atoms with Gasteiger partial charge in [0, 0.05) is 26.9 Å². The summed E-state index contributed by atoms with van der Waals surface area (Å²) in [6.07, 6.45) is -0.717. The van der Waals surface area contributed by atoms with Crippen molar-refractivity contribution < 1.29 is 14.6 Å². The minimum absolute atomic E-state index is 0. The van der Waals surface area contributed by atoms with Crippen LogP contribution < -0.4 is 15.2 Å². The molecule has 0 amide bonds. The number of fused-ring (bicyclic) bond motifs is 5. The van der Waals surface area contributed by atoms with Crippen molar-refractivity contribution in [1.29, 1.82) is 5.26 Å². The first-order valence-electron chi connectivity index (χ1n) is 7.16. The fourth-order valence-corrected chi connectivity index (χ4v) is 4.01. The van der Waals surface area contributed by atoms with Gasteiger partial charge in [-0.05, 0) is 30.3 Å². The van der Waals surface area contributed by atoms with Crippen LogP contribution in [0, 0.1) is 11.3 Å². The maximum absolute atomic E-state index is 11.6. The second-order valence-electron chi connectivity index (χ2n) is 5.71. The molecule has 0 radical (unpaired) electrons. The van der Waals surface area contributed by atoms with Crippen LogP contribution in [0.2, 0.25) is 10.0 Å². The van der Waals surface area contributed by atoms with Crippen LogP contribution in [0.3, 0.4) is 0 Å². The first-order valence-corrected chi connectivity index (χ1v) is 7.92. The molecule has 1 N–H and O–H groups in total. The van der Waals surface area contributed by atoms with Crippen LogP contribution in [0.15, 0.2) is 30.3 Å². The van der Waals surface area contributed by atoms with Crippen molar-refractivity contribution >= 4 is 34.9 Å². The molecule has 128 valence electrons. The fraction of sp³-hybridized carbons (Fsp3) is 0.222. The largest absolute Gasteiger partial charge is 0.548 e. The zero-order valence-electron chi connectivity index (χ0n) is 12.0. The number of nitriles is 1. The molecule has 0 saturated carbocycles. The third-order valence-corrected chi connectivity index (χ3v) is 4.90. The summed E-state index contributed by atoms with van der Waals surface area (Å²) in [6.45, 7) is 0. The van der Waals surface area contributed by atoms with E-state index in [9.17, 15) is 9.90 Å². The van der Waals surface area contributed by atoms with Crippen molar-refractivity contribution in [2.75, 3.05) is 5.32 Å². The molecule has 0 aliphatic carbocycles. The number of halogens is 2. The zero-order valence-corrected chi connectivity index (χ0v) is 13.6. The molecule has 0 saturated heterocycles. The van der Waals surface area contributed by atoms with Gasteiger partial charge < -0.3 is 20.0 Å². The second kappa shape index (κ2) is 6.14. The van der Waals surface area contributed by atoms with Crippen LogP contribution in [0.1, 0.15) is 30.0 Å². The summed E-state index contributed by atoms with van der Waals surface area (Å²) in [5.74, 6) is -1.16. The number of hydrogen-bond acceptors (Lipinski definition) is 5. The molecule has 3 unspecified atom stereocenters. The number of rotatable bonds is 1. The number of ether oxygens (including phenoxy) is 1. The quantitative estimate of drug-likeness (QED) is 0.827. The van der Waals surface area contributed by atoms with Gasteiger partial charge in [0.15, 0.2) is 0 Å². The number of nitrogens with one attached hydrogen (secondary N) is 1. The lowest BCUT2D eigenvalue weighted by Gasteiger charge is -2.37. The van der Waals surface area contributed by atoms with Gasteiger partial charge in [-0.2, -0.15) is 5.26 Å². The molecular formula is C18H13Cl2N2O3-. The van der Waals surface area contributed by atoms with Crippen LogP contribution in [0.25, 0.3) is 0 Å². The normalized spacial score (nSPS) is 22.2. The summed E-state index contributed by atoms with van der Waals surface area (Å²) >= 11 is 12.4. The zero-order chi connectivity index (χ0) is 17.0. The van der Waals surface area contributed by atoms with E-state index < -0.39 is 24.0 Å². The molecule has 5 nitrogen and oxygen atoms in total. The minimum Gasteiger partial charge on any atom is -0.548 e. The van der Waals surface area contributed by atoms with Crippen LogP contribution >= 0.6 is 23.2 Å². The van der Waals surface area contributed by atoms with Crippen LogP contribution in [-0.4, -0.2) is 18.1 Å². The van der Waals surface area contributed by atoms with Crippen molar-refractivity contribution in [3.05, 3.63) is 57.1 Å². The molecule has 25 heavy (non-hydrogen) atoms. The third-order valence-electron chi connectivity index (χ3n) is 4.36. The van der Waals surface area contributed by atoms with E-state index in [4.69, 9.17) is 33.2 Å². The maximum atomic E-state index is 11.6. The predicted octanol–water partition coefficient (Wildman–Crippen LogP) is 2.94. The van der Waals surface area contributed by atoms with Crippen molar-refractivity contribution in [1.82, 2.24) is 0 Å². The lowest BCUT2D eigenvalue weighted by Crippen LogP contribution is -2.53. The topological polar surface area (TPSA) is 85.2 Å². The molecule has 2 aliphatic heterocycles. The van der Waals surface area contributed by atoms with Crippen LogP contribution in [0.4, 0.5) is 5.69 Å². The molecule has 2 heterocycles. The molecule has 2 aromatic carbocycles. The van der Waals surface area contributed by atoms with Gasteiger partial charge in [-0.15, -0.1) is 0 Å². The Kier molecular flexibility index (Phi) is 4.28. The lowest BCUT2D eigenvalue weighted by atomic mass is 9.81. The van der Waals surface area contributed by atoms with Gasteiger partial charge in [-0.3, -0.25) is 0 Å². The van der Waals surface area contributed by atoms with Gasteiger partial charge in [0.25, 0.3) is 0 Å². The summed E-state index contributed by atoms with van der Waals surface area (Å²) in [4.78, 5) is 11.6. The highest BCUT2D eigenvalue weighted by Gasteiger charge is 2.46. The van der Waals surface area contributed by atoms with E-state index in [-0.39, 0.29) is 7.43 Å². The van der Waals surface area contributed by atoms with E-state index >= 15 is 0 Å². The average molecular weight is 376 g/mol. The Bertz CT molecular complexity index is 923. The number of nitrogens with zero attached hydrogens (tertiary/aromatic N) is 1. The number of carbonyl (C=O) groups excluding carboxylic acids is 1. The number of benzene rings is 2. The molecule has 0 bridgehead atoms. The smallest absolute Gasteiger partial charge is 0.135 e. The maximum Gasteiger partial charge on any atom is 0.135 e. The second-order valence-corrected chi connectivity index (χ2v) is 6.56. The molecule has 2 aromatic rings. The number of carboxylic acids is 1. The summed E-state index contributed by atoms with van der Waals surface area (Å²) in [7, 11) is 0. The lowest BCUT2D eigenvalue weighted by molar-refractivity contribution is -0.308. The number of hydrogen-bond donors (Lipinski definition) is 1. The molecule has 0 spiro atoms. The summed E-state index contributed by atoms with van der Waals surface area (Å²) in [6, 6.07) is 9.25. The Morgan fingerprint density at radius 1 is 1.28 bits per heavy atom. The van der Waals surface area contributed by atoms with Gasteiger partial charge in [0.2, 0.25) is 0 Å². The Hall–Kier alpha value is -2.42. The Balaban J connectivity index is 0.00000182. The fourth-order valence-electron chi connectivity index (χ4n) is 3.40. The Morgan fingerprint density at radius 3 is 2.72 bits per heavy atom. The third kappa shape index (κ3) is 2.58. The molecular weight excluding hydrogens is 363 g/mol.